The number of nitrogens with one attached hydrogen (secondary N) is 1. The summed E-state index contributed by atoms with van der Waals surface area (Å²) in [4.78, 5) is 18.1. The molecule has 7 nitrogen and oxygen atoms in total. The lowest BCUT2D eigenvalue weighted by Crippen LogP contribution is -2.48. The number of rotatable bonds is 9. The van der Waals surface area contributed by atoms with Gasteiger partial charge in [-0.05, 0) is 65.4 Å². The van der Waals surface area contributed by atoms with E-state index < -0.39 is 10.0 Å². The molecule has 2 heterocycles. The molecule has 2 aliphatic rings. The molecule has 4 aromatic carbocycles. The molecule has 228 valence electrons. The molecule has 0 aliphatic carbocycles. The van der Waals surface area contributed by atoms with Crippen LogP contribution >= 0.6 is 0 Å². The van der Waals surface area contributed by atoms with Crippen molar-refractivity contribution >= 4 is 15.9 Å². The van der Waals surface area contributed by atoms with E-state index in [1.165, 1.54) is 16.7 Å². The topological polar surface area (TPSA) is 73.0 Å². The zero-order valence-corrected chi connectivity index (χ0v) is 26.1. The summed E-state index contributed by atoms with van der Waals surface area (Å²) < 4.78 is 27.7. The Hall–Kier alpha value is -3.82. The highest BCUT2D eigenvalue weighted by atomic mass is 32.2. The molecule has 0 unspecified atom stereocenters. The first-order chi connectivity index (χ1) is 21.3. The lowest BCUT2D eigenvalue weighted by atomic mass is 9.99. The highest BCUT2D eigenvalue weighted by Gasteiger charge is 2.28. The van der Waals surface area contributed by atoms with Crippen LogP contribution in [0.2, 0.25) is 0 Å². The molecular formula is C36H40N4O3S. The second kappa shape index (κ2) is 13.4. The van der Waals surface area contributed by atoms with Crippen LogP contribution in [0.25, 0.3) is 0 Å². The molecule has 1 amide bonds. The third-order valence-corrected chi connectivity index (χ3v) is 10.6. The summed E-state index contributed by atoms with van der Waals surface area (Å²) in [5.74, 6) is -0.0982. The van der Waals surface area contributed by atoms with Crippen LogP contribution in [0.1, 0.15) is 43.7 Å². The van der Waals surface area contributed by atoms with E-state index in [9.17, 15) is 13.2 Å². The van der Waals surface area contributed by atoms with Crippen LogP contribution in [-0.2, 0) is 42.6 Å². The van der Waals surface area contributed by atoms with Gasteiger partial charge in [-0.25, -0.2) is 8.42 Å². The minimum absolute atomic E-state index is 0.0982. The van der Waals surface area contributed by atoms with Crippen LogP contribution in [0.3, 0.4) is 0 Å². The van der Waals surface area contributed by atoms with Crippen molar-refractivity contribution in [2.45, 2.75) is 44.4 Å². The first kappa shape index (κ1) is 30.2. The second-order valence-corrected chi connectivity index (χ2v) is 13.9. The molecule has 8 heteroatoms. The fourth-order valence-electron chi connectivity index (χ4n) is 6.13. The summed E-state index contributed by atoms with van der Waals surface area (Å²) in [6.07, 6.45) is 1.08. The zero-order valence-electron chi connectivity index (χ0n) is 25.3. The molecule has 4 aromatic rings. The summed E-state index contributed by atoms with van der Waals surface area (Å²) in [7, 11) is -3.49. The number of carbonyl (C=O) groups is 1. The van der Waals surface area contributed by atoms with Gasteiger partial charge in [0.1, 0.15) is 0 Å². The number of amides is 1. The van der Waals surface area contributed by atoms with E-state index in [-0.39, 0.29) is 5.91 Å². The number of piperazine rings is 1. The van der Waals surface area contributed by atoms with Crippen molar-refractivity contribution < 1.29 is 13.2 Å². The molecule has 44 heavy (non-hydrogen) atoms. The van der Waals surface area contributed by atoms with E-state index in [1.807, 2.05) is 43.3 Å². The predicted molar refractivity (Wildman–Crippen MR) is 174 cm³/mol. The van der Waals surface area contributed by atoms with Gasteiger partial charge in [0.15, 0.2) is 0 Å². The SMILES string of the molecule is Cc1ccc(S(=O)(=O)N2CCN(Cc3cccc(C(=O)NCc4cccc(CN5CCc6ccccc6C5)c4)c3)CC2)cc1. The summed E-state index contributed by atoms with van der Waals surface area (Å²) >= 11 is 0. The Morgan fingerprint density at radius 3 is 2.14 bits per heavy atom. The van der Waals surface area contributed by atoms with Crippen LogP contribution < -0.4 is 5.32 Å². The zero-order chi connectivity index (χ0) is 30.5. The molecule has 0 bridgehead atoms. The normalized spacial score (nSPS) is 16.4. The lowest BCUT2D eigenvalue weighted by Gasteiger charge is -2.34. The van der Waals surface area contributed by atoms with Gasteiger partial charge < -0.3 is 5.32 Å². The van der Waals surface area contributed by atoms with Crippen molar-refractivity contribution in [3.05, 3.63) is 136 Å². The Morgan fingerprint density at radius 2 is 1.36 bits per heavy atom. The van der Waals surface area contributed by atoms with Gasteiger partial charge in [0.2, 0.25) is 10.0 Å². The molecule has 0 spiro atoms. The molecule has 0 radical (unpaired) electrons. The Kier molecular flexibility index (Phi) is 9.23. The van der Waals surface area contributed by atoms with Gasteiger partial charge in [0, 0.05) is 64.5 Å². The summed E-state index contributed by atoms with van der Waals surface area (Å²) in [5.41, 5.74) is 7.92. The molecule has 1 N–H and O–H groups in total. The van der Waals surface area contributed by atoms with E-state index in [0.29, 0.717) is 49.7 Å². The van der Waals surface area contributed by atoms with E-state index >= 15 is 0 Å². The second-order valence-electron chi connectivity index (χ2n) is 11.9. The Morgan fingerprint density at radius 1 is 0.705 bits per heavy atom. The number of fused-ring (bicyclic) bond motifs is 1. The Bertz CT molecular complexity index is 1710. The van der Waals surface area contributed by atoms with Gasteiger partial charge >= 0.3 is 0 Å². The number of nitrogens with zero attached hydrogens (tertiary/aromatic N) is 3. The monoisotopic (exact) mass is 608 g/mol. The average Bonchev–Trinajstić information content (AvgIpc) is 3.04. The number of sulfonamides is 1. The largest absolute Gasteiger partial charge is 0.348 e. The van der Waals surface area contributed by atoms with E-state index in [0.717, 1.165) is 42.7 Å². The van der Waals surface area contributed by atoms with Crippen molar-refractivity contribution in [1.82, 2.24) is 19.4 Å². The maximum absolute atomic E-state index is 13.1. The summed E-state index contributed by atoms with van der Waals surface area (Å²) in [6, 6.07) is 31.9. The fraction of sp³-hybridized carbons (Fsp3) is 0.306. The molecule has 0 atom stereocenters. The first-order valence-electron chi connectivity index (χ1n) is 15.4. The van der Waals surface area contributed by atoms with Gasteiger partial charge in [-0.3, -0.25) is 14.6 Å². The summed E-state index contributed by atoms with van der Waals surface area (Å²) in [5, 5.41) is 3.09. The van der Waals surface area contributed by atoms with E-state index in [1.54, 1.807) is 16.4 Å². The maximum Gasteiger partial charge on any atom is 0.251 e. The van der Waals surface area contributed by atoms with Gasteiger partial charge in [0.05, 0.1) is 4.90 Å². The minimum Gasteiger partial charge on any atom is -0.348 e. The number of hydrogen-bond donors (Lipinski definition) is 1. The minimum atomic E-state index is -3.49. The van der Waals surface area contributed by atoms with Crippen LogP contribution in [-0.4, -0.2) is 61.2 Å². The van der Waals surface area contributed by atoms with Crippen LogP contribution in [0, 0.1) is 6.92 Å². The van der Waals surface area contributed by atoms with Gasteiger partial charge in [0.25, 0.3) is 5.91 Å². The van der Waals surface area contributed by atoms with Gasteiger partial charge in [-0.15, -0.1) is 0 Å². The smallest absolute Gasteiger partial charge is 0.251 e. The van der Waals surface area contributed by atoms with Crippen LogP contribution in [0.4, 0.5) is 0 Å². The van der Waals surface area contributed by atoms with Crippen LogP contribution in [0.5, 0.6) is 0 Å². The predicted octanol–water partition coefficient (Wildman–Crippen LogP) is 4.99. The van der Waals surface area contributed by atoms with Crippen molar-refractivity contribution in [1.29, 1.82) is 0 Å². The third-order valence-electron chi connectivity index (χ3n) is 8.65. The third kappa shape index (κ3) is 7.27. The average molecular weight is 609 g/mol. The highest BCUT2D eigenvalue weighted by Crippen LogP contribution is 2.22. The number of hydrogen-bond acceptors (Lipinski definition) is 5. The van der Waals surface area contributed by atoms with Crippen molar-refractivity contribution in [2.75, 3.05) is 32.7 Å². The molecule has 0 aromatic heterocycles. The Labute approximate surface area is 261 Å². The van der Waals surface area contributed by atoms with Crippen LogP contribution in [0.15, 0.2) is 102 Å². The highest BCUT2D eigenvalue weighted by molar-refractivity contribution is 7.89. The molecular weight excluding hydrogens is 568 g/mol. The van der Waals surface area contributed by atoms with Crippen molar-refractivity contribution in [3.8, 4) is 0 Å². The molecule has 0 saturated carbocycles. The van der Waals surface area contributed by atoms with Gasteiger partial charge in [-0.2, -0.15) is 4.31 Å². The number of aryl methyl sites for hydroxylation is 1. The molecule has 6 rings (SSSR count). The van der Waals surface area contributed by atoms with E-state index in [2.05, 4.69) is 63.6 Å². The lowest BCUT2D eigenvalue weighted by molar-refractivity contribution is 0.0950. The van der Waals surface area contributed by atoms with Crippen molar-refractivity contribution in [3.63, 3.8) is 0 Å². The fourth-order valence-corrected chi connectivity index (χ4v) is 7.55. The van der Waals surface area contributed by atoms with Crippen molar-refractivity contribution in [2.24, 2.45) is 0 Å². The quantitative estimate of drug-likeness (QED) is 0.290. The molecule has 2 aliphatic heterocycles. The molecule has 1 saturated heterocycles. The number of carbonyl (C=O) groups excluding carboxylic acids is 1. The standard InChI is InChI=1S/C36H40N4O3S/c1-28-12-14-35(15-13-28)44(42,43)40-20-18-38(19-21-40)25-31-8-5-11-33(23-31)36(41)37-24-29-6-4-7-30(22-29)26-39-17-16-32-9-2-3-10-34(32)27-39/h2-15,22-23H,16-21,24-27H2,1H3,(H,37,41). The Balaban J connectivity index is 0.995. The maximum atomic E-state index is 13.1. The van der Waals surface area contributed by atoms with Gasteiger partial charge in [-0.1, -0.05) is 78.4 Å². The van der Waals surface area contributed by atoms with E-state index in [4.69, 9.17) is 0 Å². The first-order valence-corrected chi connectivity index (χ1v) is 16.8. The number of benzene rings is 4. The summed E-state index contributed by atoms with van der Waals surface area (Å²) in [6.45, 7) is 8.17. The molecule has 1 fully saturated rings.